The maximum Gasteiger partial charge on any atom is 1.00 e. The minimum atomic E-state index is -0.144. The van der Waals surface area contributed by atoms with Gasteiger partial charge in [0.05, 0.1) is 0 Å². The fraction of sp³-hybridized carbons (Fsp3) is 0.0909. The number of rotatable bonds is 1. The minimum Gasteiger partial charge on any atom is -0.267 e. The zero-order valence-corrected chi connectivity index (χ0v) is 11.9. The van der Waals surface area contributed by atoms with E-state index in [1.807, 2.05) is 19.1 Å². The van der Waals surface area contributed by atoms with Crippen molar-refractivity contribution in [2.45, 2.75) is 6.92 Å². The molecule has 0 atom stereocenters. The molecule has 0 fully saturated rings. The molecule has 15 heavy (non-hydrogen) atoms. The molecule has 0 amide bonds. The maximum atomic E-state index is 11.4. The summed E-state index contributed by atoms with van der Waals surface area (Å²) in [4.78, 5) is 11.4. The summed E-state index contributed by atoms with van der Waals surface area (Å²) < 4.78 is 1.33. The molecule has 0 N–H and O–H groups in total. The second-order valence-electron chi connectivity index (χ2n) is 3.02. The van der Waals surface area contributed by atoms with Crippen molar-refractivity contribution in [3.05, 3.63) is 58.5 Å². The number of hydrogen-bond acceptors (Lipinski definition) is 2. The summed E-state index contributed by atoms with van der Waals surface area (Å²) in [6.07, 6.45) is 1.58. The van der Waals surface area contributed by atoms with Crippen LogP contribution in [0.25, 0.3) is 5.69 Å². The first-order valence-electron chi connectivity index (χ1n) is 4.30. The summed E-state index contributed by atoms with van der Waals surface area (Å²) in [7, 11) is 0. The molecule has 0 bridgehead atoms. The van der Waals surface area contributed by atoms with Gasteiger partial charge >= 0.3 is 51.4 Å². The fourth-order valence-corrected chi connectivity index (χ4v) is 1.23. The van der Waals surface area contributed by atoms with Crippen molar-refractivity contribution in [3.63, 3.8) is 0 Å². The second-order valence-corrected chi connectivity index (χ2v) is 3.02. The standard InChI is InChI=1S/C11H9N2O.K/c1-9-4-2-5-10(8-9)13-11(14)6-3-7-12-13;/h2-4,6-8H,1H3;/q-1;+1. The van der Waals surface area contributed by atoms with E-state index in [-0.39, 0.29) is 56.9 Å². The van der Waals surface area contributed by atoms with E-state index < -0.39 is 0 Å². The van der Waals surface area contributed by atoms with Crippen molar-refractivity contribution in [1.82, 2.24) is 9.78 Å². The molecule has 0 saturated heterocycles. The van der Waals surface area contributed by atoms with Crippen LogP contribution >= 0.6 is 0 Å². The Morgan fingerprint density at radius 2 is 2.20 bits per heavy atom. The van der Waals surface area contributed by atoms with Crippen molar-refractivity contribution in [1.29, 1.82) is 0 Å². The Morgan fingerprint density at radius 1 is 1.40 bits per heavy atom. The van der Waals surface area contributed by atoms with Crippen LogP contribution in [0.4, 0.5) is 0 Å². The van der Waals surface area contributed by atoms with Crippen LogP contribution in [0.1, 0.15) is 5.56 Å². The average Bonchev–Trinajstić information content (AvgIpc) is 2.18. The van der Waals surface area contributed by atoms with Crippen molar-refractivity contribution in [3.8, 4) is 5.69 Å². The molecule has 1 aromatic heterocycles. The van der Waals surface area contributed by atoms with Crippen LogP contribution in [-0.2, 0) is 0 Å². The summed E-state index contributed by atoms with van der Waals surface area (Å²) in [5.41, 5.74) is 1.61. The zero-order chi connectivity index (χ0) is 9.97. The smallest absolute Gasteiger partial charge is 0.267 e. The van der Waals surface area contributed by atoms with E-state index in [2.05, 4.69) is 11.2 Å². The van der Waals surface area contributed by atoms with Crippen LogP contribution in [0.2, 0.25) is 0 Å². The first-order valence-corrected chi connectivity index (χ1v) is 4.30. The third-order valence-corrected chi connectivity index (χ3v) is 1.89. The summed E-state index contributed by atoms with van der Waals surface area (Å²) in [5, 5.41) is 3.96. The van der Waals surface area contributed by atoms with Gasteiger partial charge in [-0.2, -0.15) is 28.9 Å². The molecule has 4 heteroatoms. The monoisotopic (exact) mass is 224 g/mol. The van der Waals surface area contributed by atoms with Gasteiger partial charge in [0.25, 0.3) is 5.56 Å². The predicted octanol–water partition coefficient (Wildman–Crippen LogP) is -1.65. The van der Waals surface area contributed by atoms with E-state index in [9.17, 15) is 4.79 Å². The average molecular weight is 224 g/mol. The SMILES string of the molecule is Cc1cc[c-]c(-n2ncccc2=O)c1.[K+]. The van der Waals surface area contributed by atoms with Crippen LogP contribution in [0, 0.1) is 13.0 Å². The summed E-state index contributed by atoms with van der Waals surface area (Å²) in [5.74, 6) is 0. The Morgan fingerprint density at radius 3 is 2.87 bits per heavy atom. The first kappa shape index (κ1) is 12.8. The van der Waals surface area contributed by atoms with Crippen LogP contribution in [0.5, 0.6) is 0 Å². The van der Waals surface area contributed by atoms with E-state index in [0.717, 1.165) is 5.56 Å². The van der Waals surface area contributed by atoms with Gasteiger partial charge in [-0.05, 0) is 11.8 Å². The molecule has 2 rings (SSSR count). The second kappa shape index (κ2) is 5.72. The Kier molecular flexibility index (Phi) is 4.88. The predicted molar refractivity (Wildman–Crippen MR) is 53.4 cm³/mol. The summed E-state index contributed by atoms with van der Waals surface area (Å²) in [6.45, 7) is 1.96. The molecule has 1 aromatic carbocycles. The molecule has 0 aliphatic heterocycles. The normalized spacial score (nSPS) is 9.40. The Balaban J connectivity index is 0.00000112. The summed E-state index contributed by atoms with van der Waals surface area (Å²) >= 11 is 0. The molecule has 0 radical (unpaired) electrons. The largest absolute Gasteiger partial charge is 1.00 e. The molecule has 70 valence electrons. The van der Waals surface area contributed by atoms with Gasteiger partial charge in [-0.1, -0.05) is 6.92 Å². The molecular weight excluding hydrogens is 215 g/mol. The van der Waals surface area contributed by atoms with Crippen LogP contribution in [0.15, 0.2) is 41.3 Å². The number of benzene rings is 1. The molecule has 2 aromatic rings. The van der Waals surface area contributed by atoms with Gasteiger partial charge in [-0.25, -0.2) is 4.68 Å². The van der Waals surface area contributed by atoms with Crippen molar-refractivity contribution >= 4 is 0 Å². The van der Waals surface area contributed by atoms with Crippen molar-refractivity contribution < 1.29 is 51.4 Å². The van der Waals surface area contributed by atoms with Gasteiger partial charge < -0.3 is 0 Å². The number of aryl methyl sites for hydroxylation is 1. The first-order chi connectivity index (χ1) is 6.77. The van der Waals surface area contributed by atoms with Crippen molar-refractivity contribution in [2.24, 2.45) is 0 Å². The topological polar surface area (TPSA) is 34.9 Å². The van der Waals surface area contributed by atoms with Gasteiger partial charge in [0, 0.05) is 12.3 Å². The molecule has 0 aliphatic carbocycles. The number of hydrogen-bond donors (Lipinski definition) is 0. The molecular formula is C11H9KN2O. The molecule has 0 saturated carbocycles. The van der Waals surface area contributed by atoms with Gasteiger partial charge in [-0.15, -0.1) is 6.07 Å². The Hall–Kier alpha value is -0.264. The van der Waals surface area contributed by atoms with E-state index >= 15 is 0 Å². The Labute approximate surface area is 131 Å². The molecule has 1 heterocycles. The maximum absolute atomic E-state index is 11.4. The van der Waals surface area contributed by atoms with E-state index in [1.54, 1.807) is 18.3 Å². The molecule has 0 unspecified atom stereocenters. The minimum absolute atomic E-state index is 0. The van der Waals surface area contributed by atoms with Gasteiger partial charge in [0.2, 0.25) is 0 Å². The quantitative estimate of drug-likeness (QED) is 0.429. The molecule has 0 spiro atoms. The number of nitrogens with zero attached hydrogens (tertiary/aromatic N) is 2. The fourth-order valence-electron chi connectivity index (χ4n) is 1.23. The summed E-state index contributed by atoms with van der Waals surface area (Å²) in [6, 6.07) is 11.6. The van der Waals surface area contributed by atoms with Gasteiger partial charge in [0.15, 0.2) is 0 Å². The van der Waals surface area contributed by atoms with Crippen LogP contribution in [0.3, 0.4) is 0 Å². The van der Waals surface area contributed by atoms with E-state index in [1.165, 1.54) is 10.7 Å². The van der Waals surface area contributed by atoms with E-state index in [4.69, 9.17) is 0 Å². The number of aromatic nitrogens is 2. The molecule has 3 nitrogen and oxygen atoms in total. The van der Waals surface area contributed by atoms with Crippen LogP contribution in [-0.4, -0.2) is 9.78 Å². The third-order valence-electron chi connectivity index (χ3n) is 1.89. The third kappa shape index (κ3) is 3.09. The van der Waals surface area contributed by atoms with Crippen molar-refractivity contribution in [2.75, 3.05) is 0 Å². The Bertz CT molecular complexity index is 508. The van der Waals surface area contributed by atoms with Gasteiger partial charge in [-0.3, -0.25) is 4.79 Å². The van der Waals surface area contributed by atoms with E-state index in [0.29, 0.717) is 5.69 Å². The zero-order valence-electron chi connectivity index (χ0n) is 8.77. The molecule has 0 aliphatic rings. The van der Waals surface area contributed by atoms with Crippen LogP contribution < -0.4 is 56.9 Å². The van der Waals surface area contributed by atoms with Gasteiger partial charge in [0.1, 0.15) is 0 Å².